The molecule has 1 aliphatic rings. The lowest BCUT2D eigenvalue weighted by molar-refractivity contribution is -0.123. The molecule has 25 heavy (non-hydrogen) atoms. The summed E-state index contributed by atoms with van der Waals surface area (Å²) in [7, 11) is 0. The number of rotatable bonds is 5. The molecule has 1 aromatic heterocycles. The monoisotopic (exact) mass is 339 g/mol. The van der Waals surface area contributed by atoms with Crippen molar-refractivity contribution in [1.82, 2.24) is 10.3 Å². The summed E-state index contributed by atoms with van der Waals surface area (Å²) in [6.45, 7) is 3.75. The number of pyridine rings is 1. The van der Waals surface area contributed by atoms with Crippen molar-refractivity contribution in [2.45, 2.75) is 38.3 Å². The first-order chi connectivity index (χ1) is 12.1. The molecule has 1 atom stereocenters. The summed E-state index contributed by atoms with van der Waals surface area (Å²) < 4.78 is 0. The molecule has 2 heterocycles. The molecule has 1 aliphatic heterocycles. The molecule has 0 spiro atoms. The van der Waals surface area contributed by atoms with Gasteiger partial charge in [0.1, 0.15) is 5.82 Å². The third-order valence-electron chi connectivity index (χ3n) is 4.62. The zero-order valence-electron chi connectivity index (χ0n) is 14.6. The van der Waals surface area contributed by atoms with Crippen LogP contribution in [0.25, 0.3) is 0 Å². The second-order valence-electron chi connectivity index (χ2n) is 6.60. The van der Waals surface area contributed by atoms with E-state index in [-0.39, 0.29) is 18.4 Å². The van der Waals surface area contributed by atoms with E-state index in [0.717, 1.165) is 43.0 Å². The van der Waals surface area contributed by atoms with Crippen LogP contribution in [0.1, 0.15) is 36.6 Å². The number of carbonyl (C=O) groups is 1. The van der Waals surface area contributed by atoms with Gasteiger partial charge in [-0.3, -0.25) is 4.79 Å². The van der Waals surface area contributed by atoms with E-state index in [4.69, 9.17) is 0 Å². The van der Waals surface area contributed by atoms with Crippen LogP contribution >= 0.6 is 0 Å². The van der Waals surface area contributed by atoms with Gasteiger partial charge < -0.3 is 15.3 Å². The van der Waals surface area contributed by atoms with Crippen molar-refractivity contribution in [3.8, 4) is 0 Å². The van der Waals surface area contributed by atoms with E-state index in [1.807, 2.05) is 55.5 Å². The van der Waals surface area contributed by atoms with Gasteiger partial charge in [0, 0.05) is 24.8 Å². The molecular formula is C20H25N3O2. The predicted molar refractivity (Wildman–Crippen MR) is 98.4 cm³/mol. The van der Waals surface area contributed by atoms with Crippen LogP contribution in [-0.2, 0) is 4.79 Å². The number of benzene rings is 1. The molecule has 5 heteroatoms. The Hall–Kier alpha value is -2.40. The van der Waals surface area contributed by atoms with Gasteiger partial charge in [0.15, 0.2) is 0 Å². The highest BCUT2D eigenvalue weighted by Gasteiger charge is 2.22. The van der Waals surface area contributed by atoms with Crippen LogP contribution in [0.3, 0.4) is 0 Å². The second kappa shape index (κ2) is 8.12. The number of hydrogen-bond donors (Lipinski definition) is 2. The molecule has 1 unspecified atom stereocenters. The number of piperidine rings is 1. The number of nitrogens with zero attached hydrogens (tertiary/aromatic N) is 2. The van der Waals surface area contributed by atoms with Crippen LogP contribution < -0.4 is 10.2 Å². The fourth-order valence-corrected chi connectivity index (χ4v) is 3.21. The van der Waals surface area contributed by atoms with E-state index in [1.54, 1.807) is 0 Å². The third kappa shape index (κ3) is 4.79. The Morgan fingerprint density at radius 2 is 1.92 bits per heavy atom. The van der Waals surface area contributed by atoms with Crippen LogP contribution in [-0.4, -0.2) is 35.1 Å². The quantitative estimate of drug-likeness (QED) is 0.879. The zero-order valence-corrected chi connectivity index (χ0v) is 14.6. The summed E-state index contributed by atoms with van der Waals surface area (Å²) in [5.74, 6) is 0.910. The average molecular weight is 339 g/mol. The van der Waals surface area contributed by atoms with Crippen molar-refractivity contribution in [1.29, 1.82) is 0 Å². The van der Waals surface area contributed by atoms with Crippen molar-refractivity contribution in [3.05, 3.63) is 59.8 Å². The first-order valence-electron chi connectivity index (χ1n) is 8.83. The molecule has 132 valence electrons. The molecule has 1 fully saturated rings. The maximum absolute atomic E-state index is 12.2. The fraction of sp³-hybridized carbons (Fsp3) is 0.400. The number of nitrogens with one attached hydrogen (secondary N) is 1. The van der Waals surface area contributed by atoms with Crippen molar-refractivity contribution in [3.63, 3.8) is 0 Å². The highest BCUT2D eigenvalue weighted by Crippen LogP contribution is 2.19. The van der Waals surface area contributed by atoms with Crippen molar-refractivity contribution in [2.24, 2.45) is 0 Å². The van der Waals surface area contributed by atoms with Crippen LogP contribution in [0.2, 0.25) is 0 Å². The van der Waals surface area contributed by atoms with Crippen molar-refractivity contribution in [2.75, 3.05) is 18.0 Å². The highest BCUT2D eigenvalue weighted by molar-refractivity contribution is 5.77. The van der Waals surface area contributed by atoms with Crippen LogP contribution in [0, 0.1) is 6.92 Å². The molecule has 1 saturated heterocycles. The lowest BCUT2D eigenvalue weighted by atomic mass is 10.0. The van der Waals surface area contributed by atoms with Crippen molar-refractivity contribution >= 4 is 11.7 Å². The maximum atomic E-state index is 12.2. The minimum Gasteiger partial charge on any atom is -0.388 e. The van der Waals surface area contributed by atoms with Gasteiger partial charge in [-0.2, -0.15) is 0 Å². The number of aromatic nitrogens is 1. The van der Waals surface area contributed by atoms with Crippen LogP contribution in [0.5, 0.6) is 0 Å². The Balaban J connectivity index is 1.46. The molecule has 0 bridgehead atoms. The topological polar surface area (TPSA) is 65.5 Å². The SMILES string of the molecule is Cc1cccc(N2CCC(NC(=O)CC(O)c3ccccc3)CC2)n1. The summed E-state index contributed by atoms with van der Waals surface area (Å²) >= 11 is 0. The molecule has 1 aromatic carbocycles. The summed E-state index contributed by atoms with van der Waals surface area (Å²) in [6.07, 6.45) is 1.13. The molecule has 0 radical (unpaired) electrons. The molecular weight excluding hydrogens is 314 g/mol. The van der Waals surface area contributed by atoms with Gasteiger partial charge in [-0.1, -0.05) is 36.4 Å². The molecule has 1 amide bonds. The second-order valence-corrected chi connectivity index (χ2v) is 6.60. The maximum Gasteiger partial charge on any atom is 0.223 e. The Kier molecular flexibility index (Phi) is 5.66. The Bertz CT molecular complexity index is 697. The number of anilines is 1. The molecule has 2 N–H and O–H groups in total. The lowest BCUT2D eigenvalue weighted by Crippen LogP contribution is -2.45. The van der Waals surface area contributed by atoms with Gasteiger partial charge >= 0.3 is 0 Å². The molecule has 5 nitrogen and oxygen atoms in total. The largest absolute Gasteiger partial charge is 0.388 e. The van der Waals surface area contributed by atoms with Crippen LogP contribution in [0.4, 0.5) is 5.82 Å². The molecule has 0 saturated carbocycles. The van der Waals surface area contributed by atoms with Gasteiger partial charge in [0.25, 0.3) is 0 Å². The summed E-state index contributed by atoms with van der Waals surface area (Å²) in [6, 6.07) is 15.5. The van der Waals surface area contributed by atoms with Gasteiger partial charge in [-0.25, -0.2) is 4.98 Å². The Morgan fingerprint density at radius 1 is 1.20 bits per heavy atom. The minimum atomic E-state index is -0.752. The zero-order chi connectivity index (χ0) is 17.6. The lowest BCUT2D eigenvalue weighted by Gasteiger charge is -2.33. The first-order valence-corrected chi connectivity index (χ1v) is 8.83. The summed E-state index contributed by atoms with van der Waals surface area (Å²) in [4.78, 5) is 19.0. The number of aliphatic hydroxyl groups is 1. The normalized spacial score (nSPS) is 16.5. The standard InChI is InChI=1S/C20H25N3O2/c1-15-6-5-9-19(21-15)23-12-10-17(11-13-23)22-20(25)14-18(24)16-7-3-2-4-8-16/h2-9,17-18,24H,10-14H2,1H3,(H,22,25). The average Bonchev–Trinajstić information content (AvgIpc) is 2.63. The summed E-state index contributed by atoms with van der Waals surface area (Å²) in [5, 5.41) is 13.2. The smallest absolute Gasteiger partial charge is 0.223 e. The predicted octanol–water partition coefficient (Wildman–Crippen LogP) is 2.60. The third-order valence-corrected chi connectivity index (χ3v) is 4.62. The number of carbonyl (C=O) groups excluding carboxylic acids is 1. The van der Waals surface area contributed by atoms with E-state index < -0.39 is 6.10 Å². The van der Waals surface area contributed by atoms with E-state index in [0.29, 0.717) is 0 Å². The summed E-state index contributed by atoms with van der Waals surface area (Å²) in [5.41, 5.74) is 1.79. The molecule has 2 aromatic rings. The van der Waals surface area contributed by atoms with Crippen LogP contribution in [0.15, 0.2) is 48.5 Å². The van der Waals surface area contributed by atoms with Gasteiger partial charge in [-0.15, -0.1) is 0 Å². The first kappa shape index (κ1) is 17.4. The van der Waals surface area contributed by atoms with Gasteiger partial charge in [-0.05, 0) is 37.5 Å². The highest BCUT2D eigenvalue weighted by atomic mass is 16.3. The number of hydrogen-bond acceptors (Lipinski definition) is 4. The van der Waals surface area contributed by atoms with Gasteiger partial charge in [0.2, 0.25) is 5.91 Å². The Morgan fingerprint density at radius 3 is 2.60 bits per heavy atom. The minimum absolute atomic E-state index is 0.0940. The number of aryl methyl sites for hydroxylation is 1. The fourth-order valence-electron chi connectivity index (χ4n) is 3.21. The van der Waals surface area contributed by atoms with Gasteiger partial charge in [0.05, 0.1) is 12.5 Å². The van der Waals surface area contributed by atoms with E-state index >= 15 is 0 Å². The Labute approximate surface area is 148 Å². The molecule has 0 aliphatic carbocycles. The van der Waals surface area contributed by atoms with E-state index in [2.05, 4.69) is 15.2 Å². The van der Waals surface area contributed by atoms with E-state index in [9.17, 15) is 9.90 Å². The van der Waals surface area contributed by atoms with Crippen molar-refractivity contribution < 1.29 is 9.90 Å². The number of amides is 1. The molecule has 3 rings (SSSR count). The van der Waals surface area contributed by atoms with E-state index in [1.165, 1.54) is 0 Å². The number of aliphatic hydroxyl groups excluding tert-OH is 1.